The van der Waals surface area contributed by atoms with Crippen LogP contribution in [0, 0.1) is 17.3 Å². The molecule has 2 spiro atoms. The molecule has 5 aliphatic rings. The molecule has 2 aromatic rings. The number of hydrogen-bond donors (Lipinski definition) is 0. The van der Waals surface area contributed by atoms with Crippen molar-refractivity contribution in [2.24, 2.45) is 17.3 Å². The van der Waals surface area contributed by atoms with Crippen LogP contribution in [0.5, 0.6) is 0 Å². The Hall–Kier alpha value is -1.84. The van der Waals surface area contributed by atoms with E-state index in [0.717, 1.165) is 27.3 Å². The van der Waals surface area contributed by atoms with Crippen LogP contribution in [0.3, 0.4) is 0 Å². The number of carbonyl (C=O) groups excluding carboxylic acids is 1. The summed E-state index contributed by atoms with van der Waals surface area (Å²) in [5, 5.41) is 0. The molecule has 3 saturated carbocycles. The van der Waals surface area contributed by atoms with Crippen molar-refractivity contribution in [3.05, 3.63) is 58.1 Å². The quantitative estimate of drug-likeness (QED) is 0.478. The monoisotopic (exact) mass is 576 g/mol. The van der Waals surface area contributed by atoms with Gasteiger partial charge in [0.1, 0.15) is 0 Å². The van der Waals surface area contributed by atoms with E-state index in [-0.39, 0.29) is 29.3 Å². The van der Waals surface area contributed by atoms with Crippen molar-refractivity contribution < 1.29 is 22.0 Å². The van der Waals surface area contributed by atoms with Crippen molar-refractivity contribution in [2.75, 3.05) is 24.5 Å². The third kappa shape index (κ3) is 3.31. The van der Waals surface area contributed by atoms with Crippen molar-refractivity contribution in [2.45, 2.75) is 54.8 Å². The summed E-state index contributed by atoms with van der Waals surface area (Å²) in [6, 6.07) is 12.1. The van der Waals surface area contributed by atoms with Gasteiger partial charge in [-0.3, -0.25) is 4.79 Å². The molecule has 0 radical (unpaired) electrons. The highest BCUT2D eigenvalue weighted by Crippen LogP contribution is 2.62. The number of carbonyl (C=O) groups is 1. The van der Waals surface area contributed by atoms with Gasteiger partial charge >= 0.3 is 0 Å². The number of sulfonamides is 1. The highest BCUT2D eigenvalue weighted by atomic mass is 79.9. The van der Waals surface area contributed by atoms with Crippen LogP contribution < -0.4 is 4.90 Å². The molecule has 0 bridgehead atoms. The van der Waals surface area contributed by atoms with Gasteiger partial charge in [0, 0.05) is 52.6 Å². The zero-order valence-electron chi connectivity index (χ0n) is 19.7. The summed E-state index contributed by atoms with van der Waals surface area (Å²) in [5.41, 5.74) is 2.84. The van der Waals surface area contributed by atoms with Crippen LogP contribution in [0.1, 0.15) is 54.4 Å². The van der Waals surface area contributed by atoms with Crippen molar-refractivity contribution in [3.8, 4) is 0 Å². The summed E-state index contributed by atoms with van der Waals surface area (Å²) in [7, 11) is -3.95. The fraction of sp³-hybridized carbons (Fsp3) is 0.519. The first-order chi connectivity index (χ1) is 17.0. The lowest BCUT2D eigenvalue weighted by atomic mass is 9.66. The minimum atomic E-state index is -3.95. The van der Waals surface area contributed by atoms with Crippen LogP contribution in [0.15, 0.2) is 51.8 Å². The van der Waals surface area contributed by atoms with Gasteiger partial charge in [0.2, 0.25) is 10.0 Å². The number of benzene rings is 2. The molecule has 190 valence electrons. The van der Waals surface area contributed by atoms with Gasteiger partial charge in [-0.25, -0.2) is 17.2 Å². The zero-order valence-corrected chi connectivity index (χ0v) is 22.1. The van der Waals surface area contributed by atoms with E-state index in [9.17, 15) is 22.0 Å². The fourth-order valence-corrected chi connectivity index (χ4v) is 8.85. The average Bonchev–Trinajstić information content (AvgIpc) is 3.56. The van der Waals surface area contributed by atoms with Crippen molar-refractivity contribution in [1.29, 1.82) is 0 Å². The Bertz CT molecular complexity index is 1380. The second-order valence-corrected chi connectivity index (χ2v) is 14.4. The minimum Gasteiger partial charge on any atom is -0.307 e. The normalized spacial score (nSPS) is 28.8. The van der Waals surface area contributed by atoms with Gasteiger partial charge in [-0.15, -0.1) is 0 Å². The highest BCUT2D eigenvalue weighted by molar-refractivity contribution is 9.10. The Morgan fingerprint density at radius 3 is 2.28 bits per heavy atom. The van der Waals surface area contributed by atoms with E-state index >= 15 is 0 Å². The Kier molecular flexibility index (Phi) is 4.78. The second kappa shape index (κ2) is 7.38. The number of amides is 1. The summed E-state index contributed by atoms with van der Waals surface area (Å²) in [5.74, 6) is -4.76. The Morgan fingerprint density at radius 2 is 1.61 bits per heavy atom. The molecule has 1 saturated heterocycles. The summed E-state index contributed by atoms with van der Waals surface area (Å²) in [6.07, 6.45) is 7.10. The van der Waals surface area contributed by atoms with E-state index in [4.69, 9.17) is 0 Å². The first-order valence-corrected chi connectivity index (χ1v) is 14.9. The maximum atomic E-state index is 13.8. The SMILES string of the molecule is O=C(c1cccc(S(=O)(=O)N2CC3C(C2)C3(F)F)c1)N1CC2(CCC3(CC3)CC2)c2cc(Br)ccc21. The smallest absolute Gasteiger partial charge is 0.258 e. The topological polar surface area (TPSA) is 57.7 Å². The third-order valence-corrected chi connectivity index (χ3v) is 12.0. The molecular formula is C27H27BrF2N2O3S. The first-order valence-electron chi connectivity index (χ1n) is 12.6. The number of rotatable bonds is 3. The number of hydrogen-bond acceptors (Lipinski definition) is 3. The van der Waals surface area contributed by atoms with Crippen LogP contribution >= 0.6 is 15.9 Å². The second-order valence-electron chi connectivity index (χ2n) is 11.6. The number of fused-ring (bicyclic) bond motifs is 3. The zero-order chi connectivity index (χ0) is 25.1. The Morgan fingerprint density at radius 1 is 0.944 bits per heavy atom. The lowest BCUT2D eigenvalue weighted by molar-refractivity contribution is 0.0661. The highest BCUT2D eigenvalue weighted by Gasteiger charge is 2.72. The van der Waals surface area contributed by atoms with Crippen molar-refractivity contribution in [1.82, 2.24) is 4.31 Å². The van der Waals surface area contributed by atoms with E-state index < -0.39 is 27.8 Å². The van der Waals surface area contributed by atoms with Crippen LogP contribution in [0.4, 0.5) is 14.5 Å². The largest absolute Gasteiger partial charge is 0.307 e. The number of anilines is 1. The van der Waals surface area contributed by atoms with Gasteiger partial charge < -0.3 is 4.90 Å². The molecule has 4 fully saturated rings. The molecule has 2 heterocycles. The number of alkyl halides is 2. The molecule has 2 aliphatic heterocycles. The lowest BCUT2D eigenvalue weighted by Crippen LogP contribution is -2.40. The average molecular weight is 577 g/mol. The summed E-state index contributed by atoms with van der Waals surface area (Å²) >= 11 is 3.61. The van der Waals surface area contributed by atoms with E-state index in [1.165, 1.54) is 43.4 Å². The lowest BCUT2D eigenvalue weighted by Gasteiger charge is -2.38. The van der Waals surface area contributed by atoms with E-state index in [1.54, 1.807) is 12.1 Å². The standard InChI is InChI=1S/C27H27BrF2N2O3S/c28-18-4-5-23-20(13-18)26(10-8-25(6-7-25)9-11-26)16-32(23)24(33)17-2-1-3-19(12-17)36(34,35)31-14-21-22(15-31)27(21,29)30/h1-5,12-13,21-22H,6-11,14-16H2. The molecule has 2 atom stereocenters. The summed E-state index contributed by atoms with van der Waals surface area (Å²) in [6.45, 7) is 0.252. The minimum absolute atomic E-state index is 0.0174. The molecule has 0 N–H and O–H groups in total. The van der Waals surface area contributed by atoms with E-state index in [2.05, 4.69) is 22.0 Å². The van der Waals surface area contributed by atoms with Gasteiger partial charge in [-0.1, -0.05) is 22.0 Å². The predicted molar refractivity (Wildman–Crippen MR) is 135 cm³/mol. The van der Waals surface area contributed by atoms with Gasteiger partial charge in [0.25, 0.3) is 11.8 Å². The Balaban J connectivity index is 1.18. The molecule has 1 amide bonds. The van der Waals surface area contributed by atoms with E-state index in [1.807, 2.05) is 17.0 Å². The predicted octanol–water partition coefficient (Wildman–Crippen LogP) is 5.59. The van der Waals surface area contributed by atoms with Crippen molar-refractivity contribution >= 4 is 37.5 Å². The van der Waals surface area contributed by atoms with Gasteiger partial charge in [-0.2, -0.15) is 4.31 Å². The van der Waals surface area contributed by atoms with Crippen LogP contribution in [0.2, 0.25) is 0 Å². The molecule has 2 aromatic carbocycles. The number of piperidine rings is 1. The molecule has 9 heteroatoms. The van der Waals surface area contributed by atoms with Crippen LogP contribution in [-0.2, 0) is 15.4 Å². The van der Waals surface area contributed by atoms with Crippen LogP contribution in [-0.4, -0.2) is 44.2 Å². The third-order valence-electron chi connectivity index (χ3n) is 9.64. The molecule has 0 aromatic heterocycles. The maximum Gasteiger partial charge on any atom is 0.258 e. The molecule has 36 heavy (non-hydrogen) atoms. The van der Waals surface area contributed by atoms with E-state index in [0.29, 0.717) is 17.5 Å². The van der Waals surface area contributed by atoms with Gasteiger partial charge in [0.15, 0.2) is 0 Å². The maximum absolute atomic E-state index is 13.8. The van der Waals surface area contributed by atoms with Crippen molar-refractivity contribution in [3.63, 3.8) is 0 Å². The van der Waals surface area contributed by atoms with Crippen LogP contribution in [0.25, 0.3) is 0 Å². The molecule has 7 rings (SSSR count). The molecule has 2 unspecified atom stereocenters. The summed E-state index contributed by atoms with van der Waals surface area (Å²) in [4.78, 5) is 15.6. The number of halogens is 3. The van der Waals surface area contributed by atoms with Gasteiger partial charge in [0.05, 0.1) is 4.90 Å². The first kappa shape index (κ1) is 23.3. The summed E-state index contributed by atoms with van der Waals surface area (Å²) < 4.78 is 55.8. The molecular weight excluding hydrogens is 550 g/mol. The fourth-order valence-electron chi connectivity index (χ4n) is 6.95. The molecule has 3 aliphatic carbocycles. The Labute approximate surface area is 218 Å². The number of nitrogens with zero attached hydrogens (tertiary/aromatic N) is 2. The molecule has 5 nitrogen and oxygen atoms in total. The van der Waals surface area contributed by atoms with Gasteiger partial charge in [-0.05, 0) is 85.9 Å².